The van der Waals surface area contributed by atoms with Crippen molar-refractivity contribution in [3.05, 3.63) is 89.1 Å². The van der Waals surface area contributed by atoms with E-state index < -0.39 is 11.8 Å². The number of carbonyl (C=O) groups excluding carboxylic acids is 2. The molecule has 4 rings (SSSR count). The molecule has 0 aliphatic carbocycles. The molecule has 0 radical (unpaired) electrons. The van der Waals surface area contributed by atoms with Gasteiger partial charge in [-0.3, -0.25) is 9.59 Å². The quantitative estimate of drug-likeness (QED) is 0.295. The molecule has 2 amide bonds. The van der Waals surface area contributed by atoms with Crippen LogP contribution in [0.1, 0.15) is 21.5 Å². The van der Waals surface area contributed by atoms with E-state index in [9.17, 15) is 9.59 Å². The first-order chi connectivity index (χ1) is 17.1. The molecule has 1 heterocycles. The molecule has 0 fully saturated rings. The third-order valence-corrected chi connectivity index (χ3v) is 5.02. The molecule has 178 valence electrons. The van der Waals surface area contributed by atoms with Crippen molar-refractivity contribution < 1.29 is 28.5 Å². The Kier molecular flexibility index (Phi) is 7.27. The van der Waals surface area contributed by atoms with Gasteiger partial charge in [0, 0.05) is 5.56 Å². The predicted molar refractivity (Wildman–Crippen MR) is 130 cm³/mol. The number of benzene rings is 3. The van der Waals surface area contributed by atoms with Crippen LogP contribution >= 0.6 is 0 Å². The molecule has 9 nitrogen and oxygen atoms in total. The van der Waals surface area contributed by atoms with Crippen molar-refractivity contribution in [2.45, 2.75) is 0 Å². The number of hydrogen-bond donors (Lipinski definition) is 2. The molecular formula is C26H23N3O6. The predicted octanol–water partition coefficient (Wildman–Crippen LogP) is 3.35. The summed E-state index contributed by atoms with van der Waals surface area (Å²) in [6.07, 6.45) is 2.99. The van der Waals surface area contributed by atoms with Crippen molar-refractivity contribution in [2.75, 3.05) is 21.0 Å². The first kappa shape index (κ1) is 23.4. The van der Waals surface area contributed by atoms with E-state index in [2.05, 4.69) is 15.8 Å². The third-order valence-electron chi connectivity index (χ3n) is 5.02. The number of amides is 2. The van der Waals surface area contributed by atoms with Crippen LogP contribution in [0.15, 0.2) is 77.5 Å². The number of hydrazone groups is 1. The summed E-state index contributed by atoms with van der Waals surface area (Å²) in [6.45, 7) is 0.165. The van der Waals surface area contributed by atoms with Crippen molar-refractivity contribution >= 4 is 24.1 Å². The van der Waals surface area contributed by atoms with E-state index >= 15 is 0 Å². The summed E-state index contributed by atoms with van der Waals surface area (Å²) in [6, 6.07) is 19.0. The molecule has 0 atom stereocenters. The van der Waals surface area contributed by atoms with Gasteiger partial charge in [0.15, 0.2) is 23.0 Å². The monoisotopic (exact) mass is 473 g/mol. The Morgan fingerprint density at radius 1 is 0.886 bits per heavy atom. The van der Waals surface area contributed by atoms with Gasteiger partial charge in [0.05, 0.1) is 20.4 Å². The van der Waals surface area contributed by atoms with Crippen molar-refractivity contribution in [3.8, 4) is 23.0 Å². The molecule has 1 aliphatic heterocycles. The summed E-state index contributed by atoms with van der Waals surface area (Å²) in [4.78, 5) is 25.7. The van der Waals surface area contributed by atoms with E-state index in [0.717, 1.165) is 0 Å². The molecular weight excluding hydrogens is 450 g/mol. The number of ether oxygens (including phenoxy) is 4. The maximum absolute atomic E-state index is 13.0. The average Bonchev–Trinajstić information content (AvgIpc) is 3.36. The summed E-state index contributed by atoms with van der Waals surface area (Å²) in [5, 5.41) is 6.67. The summed E-state index contributed by atoms with van der Waals surface area (Å²) < 4.78 is 21.2. The van der Waals surface area contributed by atoms with Gasteiger partial charge in [0.1, 0.15) is 5.70 Å². The maximum Gasteiger partial charge on any atom is 0.287 e. The minimum absolute atomic E-state index is 0.00564. The Labute approximate surface area is 202 Å². The zero-order valence-corrected chi connectivity index (χ0v) is 19.1. The van der Waals surface area contributed by atoms with Crippen LogP contribution in [0.5, 0.6) is 23.0 Å². The standard InChI is InChI=1S/C26H23N3O6/c1-32-21-10-8-17(13-23(21)33-2)12-20(28-25(30)19-6-4-3-5-7-19)26(31)29-27-15-18-9-11-22-24(14-18)35-16-34-22/h3-15H,16H2,1-2H3,(H,28,30)(H,29,31)/b20-12+,27-15?. The van der Waals surface area contributed by atoms with Gasteiger partial charge in [0.25, 0.3) is 11.8 Å². The van der Waals surface area contributed by atoms with Crippen molar-refractivity contribution in [2.24, 2.45) is 5.10 Å². The molecule has 2 N–H and O–H groups in total. The van der Waals surface area contributed by atoms with Crippen molar-refractivity contribution in [3.63, 3.8) is 0 Å². The fraction of sp³-hybridized carbons (Fsp3) is 0.115. The smallest absolute Gasteiger partial charge is 0.287 e. The summed E-state index contributed by atoms with van der Waals surface area (Å²) in [7, 11) is 3.05. The number of fused-ring (bicyclic) bond motifs is 1. The molecule has 0 spiro atoms. The minimum atomic E-state index is -0.610. The lowest BCUT2D eigenvalue weighted by atomic mass is 10.1. The van der Waals surface area contributed by atoms with Crippen LogP contribution in [0.25, 0.3) is 6.08 Å². The van der Waals surface area contributed by atoms with Gasteiger partial charge in [-0.2, -0.15) is 5.10 Å². The van der Waals surface area contributed by atoms with Gasteiger partial charge in [-0.25, -0.2) is 5.43 Å². The molecule has 3 aromatic rings. The second kappa shape index (κ2) is 10.9. The van der Waals surface area contributed by atoms with Gasteiger partial charge >= 0.3 is 0 Å². The zero-order valence-electron chi connectivity index (χ0n) is 19.1. The second-order valence-electron chi connectivity index (χ2n) is 7.30. The lowest BCUT2D eigenvalue weighted by Gasteiger charge is -2.11. The Balaban J connectivity index is 1.56. The number of nitrogens with zero attached hydrogens (tertiary/aromatic N) is 1. The molecule has 35 heavy (non-hydrogen) atoms. The van der Waals surface area contributed by atoms with Crippen LogP contribution in [0, 0.1) is 0 Å². The lowest BCUT2D eigenvalue weighted by Crippen LogP contribution is -2.32. The highest BCUT2D eigenvalue weighted by Gasteiger charge is 2.16. The van der Waals surface area contributed by atoms with E-state index in [1.807, 2.05) is 0 Å². The number of carbonyl (C=O) groups is 2. The van der Waals surface area contributed by atoms with Crippen LogP contribution in [0.2, 0.25) is 0 Å². The van der Waals surface area contributed by atoms with Crippen molar-refractivity contribution in [1.29, 1.82) is 0 Å². The Morgan fingerprint density at radius 3 is 2.40 bits per heavy atom. The van der Waals surface area contributed by atoms with E-state index in [4.69, 9.17) is 18.9 Å². The van der Waals surface area contributed by atoms with Crippen LogP contribution in [0.4, 0.5) is 0 Å². The Morgan fingerprint density at radius 2 is 1.63 bits per heavy atom. The molecule has 0 aromatic heterocycles. The molecule has 0 unspecified atom stereocenters. The maximum atomic E-state index is 13.0. The second-order valence-corrected chi connectivity index (χ2v) is 7.30. The van der Waals surface area contributed by atoms with Gasteiger partial charge in [0.2, 0.25) is 6.79 Å². The molecule has 3 aromatic carbocycles. The number of nitrogens with one attached hydrogen (secondary N) is 2. The summed E-state index contributed by atoms with van der Waals surface area (Å²) >= 11 is 0. The summed E-state index contributed by atoms with van der Waals surface area (Å²) in [5.41, 5.74) is 4.16. The first-order valence-electron chi connectivity index (χ1n) is 10.6. The number of rotatable bonds is 8. The average molecular weight is 473 g/mol. The van der Waals surface area contributed by atoms with Gasteiger partial charge < -0.3 is 24.3 Å². The Bertz CT molecular complexity index is 1290. The minimum Gasteiger partial charge on any atom is -0.493 e. The fourth-order valence-corrected chi connectivity index (χ4v) is 3.27. The Hall–Kier alpha value is -4.79. The molecule has 9 heteroatoms. The summed E-state index contributed by atoms with van der Waals surface area (Å²) in [5.74, 6) is 1.22. The highest BCUT2D eigenvalue weighted by molar-refractivity contribution is 6.05. The first-order valence-corrected chi connectivity index (χ1v) is 10.6. The molecule has 0 saturated carbocycles. The van der Waals surface area contributed by atoms with Gasteiger partial charge in [-0.05, 0) is 59.7 Å². The van der Waals surface area contributed by atoms with Crippen LogP contribution in [0.3, 0.4) is 0 Å². The van der Waals surface area contributed by atoms with E-state index in [0.29, 0.717) is 39.7 Å². The number of methoxy groups -OCH3 is 2. The number of hydrogen-bond acceptors (Lipinski definition) is 7. The van der Waals surface area contributed by atoms with Crippen LogP contribution < -0.4 is 29.7 Å². The highest BCUT2D eigenvalue weighted by atomic mass is 16.7. The zero-order chi connectivity index (χ0) is 24.6. The normalized spacial score (nSPS) is 12.3. The third kappa shape index (κ3) is 5.77. The SMILES string of the molecule is COc1ccc(/C=C(/NC(=O)c2ccccc2)C(=O)NN=Cc2ccc3c(c2)OCO3)cc1OC. The van der Waals surface area contributed by atoms with Gasteiger partial charge in [-0.1, -0.05) is 24.3 Å². The van der Waals surface area contributed by atoms with Gasteiger partial charge in [-0.15, -0.1) is 0 Å². The molecule has 0 bridgehead atoms. The molecule has 1 aliphatic rings. The lowest BCUT2D eigenvalue weighted by molar-refractivity contribution is -0.117. The van der Waals surface area contributed by atoms with Crippen LogP contribution in [-0.4, -0.2) is 39.0 Å². The fourth-order valence-electron chi connectivity index (χ4n) is 3.27. The largest absolute Gasteiger partial charge is 0.493 e. The highest BCUT2D eigenvalue weighted by Crippen LogP contribution is 2.32. The van der Waals surface area contributed by atoms with E-state index in [-0.39, 0.29) is 12.5 Å². The van der Waals surface area contributed by atoms with Crippen molar-refractivity contribution in [1.82, 2.24) is 10.7 Å². The molecule has 0 saturated heterocycles. The van der Waals surface area contributed by atoms with E-state index in [1.165, 1.54) is 26.5 Å². The van der Waals surface area contributed by atoms with E-state index in [1.54, 1.807) is 66.7 Å². The topological polar surface area (TPSA) is 107 Å². The van der Waals surface area contributed by atoms with Crippen LogP contribution in [-0.2, 0) is 4.79 Å².